The number of hydrogen-bond acceptors (Lipinski definition) is 6. The van der Waals surface area contributed by atoms with E-state index in [-0.39, 0.29) is 6.61 Å². The molecule has 1 aliphatic rings. The van der Waals surface area contributed by atoms with E-state index in [0.717, 1.165) is 25.7 Å². The van der Waals surface area contributed by atoms with Crippen LogP contribution in [0, 0.1) is 0 Å². The van der Waals surface area contributed by atoms with E-state index in [9.17, 15) is 0 Å². The van der Waals surface area contributed by atoms with E-state index in [2.05, 4.69) is 10.1 Å². The highest BCUT2D eigenvalue weighted by molar-refractivity contribution is 5.04. The van der Waals surface area contributed by atoms with Crippen molar-refractivity contribution in [2.24, 2.45) is 5.73 Å². The van der Waals surface area contributed by atoms with Gasteiger partial charge in [0.25, 0.3) is 0 Å². The average Bonchev–Trinajstić information content (AvgIpc) is 2.79. The standard InChI is InChI=1S/C13H23N3O3/c1-18-13(7-4-2-3-5-8-13)12-15-11(19-16-12)10(14)6-9-17/h10,17H,2-9,14H2,1H3. The number of nitrogens with two attached hydrogens (primary N) is 1. The minimum atomic E-state index is -0.433. The molecule has 19 heavy (non-hydrogen) atoms. The number of ether oxygens (including phenoxy) is 1. The van der Waals surface area contributed by atoms with Crippen molar-refractivity contribution in [3.63, 3.8) is 0 Å². The molecule has 3 N–H and O–H groups in total. The van der Waals surface area contributed by atoms with Crippen molar-refractivity contribution in [1.29, 1.82) is 0 Å². The second-order valence-electron chi connectivity index (χ2n) is 5.19. The van der Waals surface area contributed by atoms with Gasteiger partial charge in [0.15, 0.2) is 0 Å². The van der Waals surface area contributed by atoms with Gasteiger partial charge in [0.05, 0.1) is 6.04 Å². The van der Waals surface area contributed by atoms with E-state index in [1.54, 1.807) is 7.11 Å². The van der Waals surface area contributed by atoms with Crippen molar-refractivity contribution in [3.8, 4) is 0 Å². The molecule has 6 heteroatoms. The van der Waals surface area contributed by atoms with E-state index in [4.69, 9.17) is 20.1 Å². The third-order valence-corrected chi connectivity index (χ3v) is 3.91. The quantitative estimate of drug-likeness (QED) is 0.789. The zero-order valence-electron chi connectivity index (χ0n) is 11.5. The zero-order chi connectivity index (χ0) is 13.7. The summed E-state index contributed by atoms with van der Waals surface area (Å²) in [6, 6.07) is -0.411. The highest BCUT2D eigenvalue weighted by atomic mass is 16.5. The van der Waals surface area contributed by atoms with E-state index < -0.39 is 11.6 Å². The first-order valence-electron chi connectivity index (χ1n) is 6.97. The number of rotatable bonds is 5. The Hall–Kier alpha value is -0.980. The molecule has 6 nitrogen and oxygen atoms in total. The van der Waals surface area contributed by atoms with Crippen LogP contribution in [0.25, 0.3) is 0 Å². The van der Waals surface area contributed by atoms with Gasteiger partial charge in [0, 0.05) is 13.7 Å². The molecule has 0 saturated heterocycles. The Bertz CT molecular complexity index is 386. The molecular formula is C13H23N3O3. The number of aliphatic hydroxyl groups is 1. The van der Waals surface area contributed by atoms with Crippen LogP contribution in [0.5, 0.6) is 0 Å². The predicted molar refractivity (Wildman–Crippen MR) is 69.3 cm³/mol. The van der Waals surface area contributed by atoms with Crippen LogP contribution in [-0.2, 0) is 10.3 Å². The Labute approximate surface area is 113 Å². The minimum Gasteiger partial charge on any atom is -0.396 e. The largest absolute Gasteiger partial charge is 0.396 e. The monoisotopic (exact) mass is 269 g/mol. The third-order valence-electron chi connectivity index (χ3n) is 3.91. The number of nitrogens with zero attached hydrogens (tertiary/aromatic N) is 2. The van der Waals surface area contributed by atoms with Crippen LogP contribution in [-0.4, -0.2) is 29.0 Å². The lowest BCUT2D eigenvalue weighted by Gasteiger charge is -2.27. The normalized spacial score (nSPS) is 21.0. The number of aliphatic hydroxyl groups excluding tert-OH is 1. The molecule has 0 amide bonds. The summed E-state index contributed by atoms with van der Waals surface area (Å²) in [7, 11) is 1.70. The van der Waals surface area contributed by atoms with Crippen LogP contribution in [0.1, 0.15) is 62.7 Å². The first-order valence-corrected chi connectivity index (χ1v) is 6.97. The van der Waals surface area contributed by atoms with Crippen LogP contribution in [0.3, 0.4) is 0 Å². The summed E-state index contributed by atoms with van der Waals surface area (Å²) in [6.07, 6.45) is 6.91. The van der Waals surface area contributed by atoms with Crippen molar-refractivity contribution < 1.29 is 14.4 Å². The first kappa shape index (κ1) is 14.4. The Kier molecular flexibility index (Phi) is 4.90. The molecule has 1 saturated carbocycles. The Morgan fingerprint density at radius 3 is 2.63 bits per heavy atom. The fourth-order valence-electron chi connectivity index (χ4n) is 2.65. The van der Waals surface area contributed by atoms with Gasteiger partial charge in [-0.25, -0.2) is 0 Å². The summed E-state index contributed by atoms with van der Waals surface area (Å²) in [6.45, 7) is 0.00823. The maximum Gasteiger partial charge on any atom is 0.243 e. The third kappa shape index (κ3) is 3.13. The van der Waals surface area contributed by atoms with E-state index in [0.29, 0.717) is 18.1 Å². The molecule has 1 aromatic heterocycles. The molecule has 0 spiro atoms. The lowest BCUT2D eigenvalue weighted by atomic mass is 9.93. The summed E-state index contributed by atoms with van der Waals surface area (Å²) >= 11 is 0. The Balaban J connectivity index is 2.18. The van der Waals surface area contributed by atoms with Crippen molar-refractivity contribution in [2.75, 3.05) is 13.7 Å². The molecule has 1 heterocycles. The summed E-state index contributed by atoms with van der Waals surface area (Å²) in [5, 5.41) is 12.9. The molecule has 0 aliphatic heterocycles. The highest BCUT2D eigenvalue weighted by Crippen LogP contribution is 2.37. The summed E-state index contributed by atoms with van der Waals surface area (Å²) in [5.74, 6) is 0.977. The van der Waals surface area contributed by atoms with Gasteiger partial charge in [0.1, 0.15) is 5.60 Å². The molecule has 1 aromatic rings. The molecule has 1 unspecified atom stereocenters. The summed E-state index contributed by atoms with van der Waals surface area (Å²) in [5.41, 5.74) is 5.43. The van der Waals surface area contributed by atoms with Crippen molar-refractivity contribution >= 4 is 0 Å². The lowest BCUT2D eigenvalue weighted by Crippen LogP contribution is -2.29. The molecule has 1 atom stereocenters. The lowest BCUT2D eigenvalue weighted by molar-refractivity contribution is -0.0365. The fraction of sp³-hybridized carbons (Fsp3) is 0.846. The smallest absolute Gasteiger partial charge is 0.243 e. The second kappa shape index (κ2) is 6.45. The van der Waals surface area contributed by atoms with Gasteiger partial charge in [-0.2, -0.15) is 4.98 Å². The molecule has 0 aromatic carbocycles. The first-order chi connectivity index (χ1) is 9.22. The minimum absolute atomic E-state index is 0.00823. The number of aromatic nitrogens is 2. The van der Waals surface area contributed by atoms with Gasteiger partial charge in [0.2, 0.25) is 11.7 Å². The summed E-state index contributed by atoms with van der Waals surface area (Å²) in [4.78, 5) is 4.40. The van der Waals surface area contributed by atoms with Crippen LogP contribution in [0.15, 0.2) is 4.52 Å². The van der Waals surface area contributed by atoms with Crippen LogP contribution >= 0.6 is 0 Å². The summed E-state index contributed by atoms with van der Waals surface area (Å²) < 4.78 is 10.9. The Morgan fingerprint density at radius 1 is 1.37 bits per heavy atom. The molecular weight excluding hydrogens is 246 g/mol. The molecule has 2 rings (SSSR count). The molecule has 1 aliphatic carbocycles. The van der Waals surface area contributed by atoms with Gasteiger partial charge in [-0.3, -0.25) is 0 Å². The highest BCUT2D eigenvalue weighted by Gasteiger charge is 2.37. The number of methoxy groups -OCH3 is 1. The molecule has 0 bridgehead atoms. The van der Waals surface area contributed by atoms with E-state index in [1.165, 1.54) is 12.8 Å². The average molecular weight is 269 g/mol. The molecule has 1 fully saturated rings. The van der Waals surface area contributed by atoms with Gasteiger partial charge in [-0.05, 0) is 19.3 Å². The van der Waals surface area contributed by atoms with Gasteiger partial charge >= 0.3 is 0 Å². The van der Waals surface area contributed by atoms with Crippen LogP contribution in [0.2, 0.25) is 0 Å². The van der Waals surface area contributed by atoms with Crippen molar-refractivity contribution in [2.45, 2.75) is 56.6 Å². The van der Waals surface area contributed by atoms with E-state index in [1.807, 2.05) is 0 Å². The Morgan fingerprint density at radius 2 is 2.05 bits per heavy atom. The zero-order valence-corrected chi connectivity index (χ0v) is 11.5. The van der Waals surface area contributed by atoms with Crippen LogP contribution in [0.4, 0.5) is 0 Å². The topological polar surface area (TPSA) is 94.4 Å². The van der Waals surface area contributed by atoms with Gasteiger partial charge in [-0.1, -0.05) is 30.8 Å². The van der Waals surface area contributed by atoms with E-state index >= 15 is 0 Å². The maximum absolute atomic E-state index is 8.89. The predicted octanol–water partition coefficient (Wildman–Crippen LogP) is 1.65. The van der Waals surface area contributed by atoms with Crippen molar-refractivity contribution in [1.82, 2.24) is 10.1 Å². The SMILES string of the molecule is COC1(c2noc(C(N)CCO)n2)CCCCCC1. The fourth-order valence-corrected chi connectivity index (χ4v) is 2.65. The molecule has 108 valence electrons. The molecule has 0 radical (unpaired) electrons. The van der Waals surface area contributed by atoms with Gasteiger partial charge < -0.3 is 20.1 Å². The van der Waals surface area contributed by atoms with Gasteiger partial charge in [-0.15, -0.1) is 0 Å². The maximum atomic E-state index is 8.89. The number of hydrogen-bond donors (Lipinski definition) is 2. The second-order valence-corrected chi connectivity index (χ2v) is 5.19. The van der Waals surface area contributed by atoms with Crippen molar-refractivity contribution in [3.05, 3.63) is 11.7 Å². The van der Waals surface area contributed by atoms with Crippen LogP contribution < -0.4 is 5.73 Å².